The molecule has 0 bridgehead atoms. The van der Waals surface area contributed by atoms with Crippen molar-refractivity contribution < 1.29 is 9.90 Å². The highest BCUT2D eigenvalue weighted by Gasteiger charge is 2.03. The lowest BCUT2D eigenvalue weighted by Crippen LogP contribution is -2.25. The van der Waals surface area contributed by atoms with Gasteiger partial charge in [-0.05, 0) is 31.0 Å². The van der Waals surface area contributed by atoms with Gasteiger partial charge < -0.3 is 10.4 Å². The number of carbonyl (C=O) groups is 1. The third-order valence-electron chi connectivity index (χ3n) is 3.10. The van der Waals surface area contributed by atoms with E-state index in [1.807, 2.05) is 12.1 Å². The van der Waals surface area contributed by atoms with E-state index >= 15 is 0 Å². The summed E-state index contributed by atoms with van der Waals surface area (Å²) >= 11 is 0. The van der Waals surface area contributed by atoms with Gasteiger partial charge in [0, 0.05) is 12.6 Å². The summed E-state index contributed by atoms with van der Waals surface area (Å²) < 4.78 is 0. The lowest BCUT2D eigenvalue weighted by Gasteiger charge is -2.13. The summed E-state index contributed by atoms with van der Waals surface area (Å²) in [5, 5.41) is 12.3. The maximum Gasteiger partial charge on any atom is 0.335 e. The Kier molecular flexibility index (Phi) is 6.44. The quantitative estimate of drug-likeness (QED) is 0.694. The zero-order valence-corrected chi connectivity index (χ0v) is 11.3. The van der Waals surface area contributed by atoms with Crippen LogP contribution in [-0.2, 0) is 6.54 Å². The van der Waals surface area contributed by atoms with Crippen LogP contribution < -0.4 is 5.32 Å². The van der Waals surface area contributed by atoms with Gasteiger partial charge in [-0.1, -0.05) is 38.3 Å². The summed E-state index contributed by atoms with van der Waals surface area (Å²) in [7, 11) is 0. The Morgan fingerprint density at radius 1 is 1.28 bits per heavy atom. The van der Waals surface area contributed by atoms with Gasteiger partial charge in [-0.15, -0.1) is 0 Å². The SMILES string of the molecule is CCCCCC(C)NCc1ccc(C(=O)O)cc1. The molecule has 0 amide bonds. The Balaban J connectivity index is 2.32. The third-order valence-corrected chi connectivity index (χ3v) is 3.10. The van der Waals surface area contributed by atoms with E-state index < -0.39 is 5.97 Å². The van der Waals surface area contributed by atoms with Gasteiger partial charge in [0.2, 0.25) is 0 Å². The Labute approximate surface area is 109 Å². The first-order valence-corrected chi connectivity index (χ1v) is 6.69. The zero-order chi connectivity index (χ0) is 13.4. The van der Waals surface area contributed by atoms with Crippen molar-refractivity contribution in [2.24, 2.45) is 0 Å². The van der Waals surface area contributed by atoms with E-state index in [2.05, 4.69) is 19.2 Å². The second-order valence-corrected chi connectivity index (χ2v) is 4.78. The molecule has 0 heterocycles. The molecule has 1 rings (SSSR count). The summed E-state index contributed by atoms with van der Waals surface area (Å²) in [6, 6.07) is 7.56. The van der Waals surface area contributed by atoms with Crippen molar-refractivity contribution in [1.29, 1.82) is 0 Å². The molecule has 100 valence electrons. The number of hydrogen-bond acceptors (Lipinski definition) is 2. The van der Waals surface area contributed by atoms with Crippen molar-refractivity contribution in [2.75, 3.05) is 0 Å². The normalized spacial score (nSPS) is 12.3. The summed E-state index contributed by atoms with van der Waals surface area (Å²) in [4.78, 5) is 10.7. The fourth-order valence-corrected chi connectivity index (χ4v) is 1.86. The maximum absolute atomic E-state index is 10.7. The average molecular weight is 249 g/mol. The van der Waals surface area contributed by atoms with Gasteiger partial charge in [-0.3, -0.25) is 0 Å². The molecule has 3 nitrogen and oxygen atoms in total. The van der Waals surface area contributed by atoms with Crippen LogP contribution in [0.15, 0.2) is 24.3 Å². The molecule has 1 aromatic rings. The van der Waals surface area contributed by atoms with E-state index in [1.54, 1.807) is 12.1 Å². The molecular weight excluding hydrogens is 226 g/mol. The molecule has 0 radical (unpaired) electrons. The highest BCUT2D eigenvalue weighted by Crippen LogP contribution is 2.06. The first kappa shape index (κ1) is 14.7. The molecular formula is C15H23NO2. The van der Waals surface area contributed by atoms with Crippen LogP contribution in [0.4, 0.5) is 0 Å². The van der Waals surface area contributed by atoms with E-state index in [-0.39, 0.29) is 0 Å². The predicted octanol–water partition coefficient (Wildman–Crippen LogP) is 3.44. The number of carboxylic acid groups (broad SMARTS) is 1. The fourth-order valence-electron chi connectivity index (χ4n) is 1.86. The Bertz CT molecular complexity index is 359. The fraction of sp³-hybridized carbons (Fsp3) is 0.533. The topological polar surface area (TPSA) is 49.3 Å². The highest BCUT2D eigenvalue weighted by atomic mass is 16.4. The van der Waals surface area contributed by atoms with E-state index in [0.29, 0.717) is 11.6 Å². The Hall–Kier alpha value is -1.35. The molecule has 18 heavy (non-hydrogen) atoms. The molecule has 0 spiro atoms. The second kappa shape index (κ2) is 7.88. The Morgan fingerprint density at radius 3 is 2.50 bits per heavy atom. The van der Waals surface area contributed by atoms with E-state index in [4.69, 9.17) is 5.11 Å². The summed E-state index contributed by atoms with van der Waals surface area (Å²) in [5.74, 6) is -0.873. The molecule has 0 saturated heterocycles. The van der Waals surface area contributed by atoms with E-state index in [1.165, 1.54) is 25.7 Å². The molecule has 0 fully saturated rings. The summed E-state index contributed by atoms with van der Waals surface area (Å²) in [6.07, 6.45) is 5.01. The minimum atomic E-state index is -0.873. The predicted molar refractivity (Wildman–Crippen MR) is 73.8 cm³/mol. The number of unbranched alkanes of at least 4 members (excludes halogenated alkanes) is 2. The minimum Gasteiger partial charge on any atom is -0.478 e. The first-order valence-electron chi connectivity index (χ1n) is 6.69. The van der Waals surface area contributed by atoms with Gasteiger partial charge in [-0.2, -0.15) is 0 Å². The van der Waals surface area contributed by atoms with Gasteiger partial charge in [0.1, 0.15) is 0 Å². The molecule has 1 aromatic carbocycles. The van der Waals surface area contributed by atoms with E-state index in [0.717, 1.165) is 12.1 Å². The van der Waals surface area contributed by atoms with Crippen LogP contribution in [0.3, 0.4) is 0 Å². The van der Waals surface area contributed by atoms with Crippen LogP contribution in [0.5, 0.6) is 0 Å². The molecule has 1 unspecified atom stereocenters. The van der Waals surface area contributed by atoms with Crippen LogP contribution in [0.25, 0.3) is 0 Å². The smallest absolute Gasteiger partial charge is 0.335 e. The molecule has 2 N–H and O–H groups in total. The van der Waals surface area contributed by atoms with Crippen LogP contribution in [0.1, 0.15) is 55.5 Å². The number of hydrogen-bond donors (Lipinski definition) is 2. The molecule has 0 aliphatic rings. The lowest BCUT2D eigenvalue weighted by molar-refractivity contribution is 0.0697. The maximum atomic E-state index is 10.7. The largest absolute Gasteiger partial charge is 0.478 e. The molecule has 1 atom stereocenters. The van der Waals surface area contributed by atoms with Crippen molar-refractivity contribution in [2.45, 2.75) is 52.1 Å². The van der Waals surface area contributed by atoms with Crippen LogP contribution >= 0.6 is 0 Å². The van der Waals surface area contributed by atoms with E-state index in [9.17, 15) is 4.79 Å². The van der Waals surface area contributed by atoms with Crippen molar-refractivity contribution >= 4 is 5.97 Å². The third kappa shape index (κ3) is 5.32. The van der Waals surface area contributed by atoms with Gasteiger partial charge in [-0.25, -0.2) is 4.79 Å². The van der Waals surface area contributed by atoms with Gasteiger partial charge in [0.25, 0.3) is 0 Å². The minimum absolute atomic E-state index is 0.342. The number of carboxylic acids is 1. The molecule has 0 aliphatic carbocycles. The van der Waals surface area contributed by atoms with Gasteiger partial charge >= 0.3 is 5.97 Å². The monoisotopic (exact) mass is 249 g/mol. The number of rotatable bonds is 8. The van der Waals surface area contributed by atoms with Gasteiger partial charge in [0.05, 0.1) is 5.56 Å². The number of aromatic carboxylic acids is 1. The van der Waals surface area contributed by atoms with Gasteiger partial charge in [0.15, 0.2) is 0 Å². The Morgan fingerprint density at radius 2 is 1.94 bits per heavy atom. The van der Waals surface area contributed by atoms with Crippen molar-refractivity contribution in [1.82, 2.24) is 5.32 Å². The molecule has 0 aromatic heterocycles. The zero-order valence-electron chi connectivity index (χ0n) is 11.3. The average Bonchev–Trinajstić information content (AvgIpc) is 2.37. The first-order chi connectivity index (χ1) is 8.63. The van der Waals surface area contributed by atoms with Crippen molar-refractivity contribution in [3.05, 3.63) is 35.4 Å². The number of benzene rings is 1. The standard InChI is InChI=1S/C15H23NO2/c1-3-4-5-6-12(2)16-11-13-7-9-14(10-8-13)15(17)18/h7-10,12,16H,3-6,11H2,1-2H3,(H,17,18). The molecule has 0 aliphatic heterocycles. The highest BCUT2D eigenvalue weighted by molar-refractivity contribution is 5.87. The molecule has 0 saturated carbocycles. The van der Waals surface area contributed by atoms with Crippen molar-refractivity contribution in [3.8, 4) is 0 Å². The number of nitrogens with one attached hydrogen (secondary N) is 1. The van der Waals surface area contributed by atoms with Crippen LogP contribution in [0, 0.1) is 0 Å². The molecule has 3 heteroatoms. The second-order valence-electron chi connectivity index (χ2n) is 4.78. The lowest BCUT2D eigenvalue weighted by atomic mass is 10.1. The van der Waals surface area contributed by atoms with Crippen LogP contribution in [0.2, 0.25) is 0 Å². The summed E-state index contributed by atoms with van der Waals surface area (Å²) in [5.41, 5.74) is 1.47. The van der Waals surface area contributed by atoms with Crippen LogP contribution in [-0.4, -0.2) is 17.1 Å². The summed E-state index contributed by atoms with van der Waals surface area (Å²) in [6.45, 7) is 5.20. The van der Waals surface area contributed by atoms with Crippen molar-refractivity contribution in [3.63, 3.8) is 0 Å².